The van der Waals surface area contributed by atoms with E-state index in [4.69, 9.17) is 4.74 Å². The van der Waals surface area contributed by atoms with Gasteiger partial charge >= 0.3 is 0 Å². The topological polar surface area (TPSA) is 22.1 Å². The van der Waals surface area contributed by atoms with E-state index in [1.165, 1.54) is 12.4 Å². The molecule has 1 heterocycles. The van der Waals surface area contributed by atoms with Gasteiger partial charge in [-0.1, -0.05) is 0 Å². The van der Waals surface area contributed by atoms with Gasteiger partial charge in [-0.25, -0.2) is 8.78 Å². The van der Waals surface area contributed by atoms with Crippen LogP contribution >= 0.6 is 0 Å². The van der Waals surface area contributed by atoms with Crippen molar-refractivity contribution in [3.05, 3.63) is 54.4 Å². The molecule has 4 heteroatoms. The summed E-state index contributed by atoms with van der Waals surface area (Å²) in [7, 11) is 0. The summed E-state index contributed by atoms with van der Waals surface area (Å²) in [6.45, 7) is 0. The van der Waals surface area contributed by atoms with Crippen LogP contribution in [0.25, 0.3) is 0 Å². The SMILES string of the molecule is Fc1ccc(F)c(Oc2ccncc2)c1. The van der Waals surface area contributed by atoms with Crippen molar-refractivity contribution >= 4 is 0 Å². The van der Waals surface area contributed by atoms with E-state index >= 15 is 0 Å². The maximum absolute atomic E-state index is 13.1. The summed E-state index contributed by atoms with van der Waals surface area (Å²) in [5.41, 5.74) is 0. The van der Waals surface area contributed by atoms with Crippen LogP contribution in [0.3, 0.4) is 0 Å². The van der Waals surface area contributed by atoms with Gasteiger partial charge in [-0.2, -0.15) is 0 Å². The second-order valence-corrected chi connectivity index (χ2v) is 2.86. The predicted molar refractivity (Wildman–Crippen MR) is 50.7 cm³/mol. The van der Waals surface area contributed by atoms with Crippen molar-refractivity contribution in [2.45, 2.75) is 0 Å². The Morgan fingerprint density at radius 1 is 1.00 bits per heavy atom. The van der Waals surface area contributed by atoms with Gasteiger partial charge in [0.25, 0.3) is 0 Å². The molecule has 76 valence electrons. The number of pyridine rings is 1. The molecule has 0 N–H and O–H groups in total. The molecule has 2 aromatic rings. The van der Waals surface area contributed by atoms with Crippen LogP contribution in [0.1, 0.15) is 0 Å². The molecule has 0 fully saturated rings. The lowest BCUT2D eigenvalue weighted by Crippen LogP contribution is -1.89. The summed E-state index contributed by atoms with van der Waals surface area (Å²) in [5.74, 6) is -0.871. The molecular formula is C11H7F2NO. The third-order valence-electron chi connectivity index (χ3n) is 1.77. The Bertz CT molecular complexity index is 459. The van der Waals surface area contributed by atoms with E-state index in [1.54, 1.807) is 12.1 Å². The van der Waals surface area contributed by atoms with Crippen LogP contribution in [0.4, 0.5) is 8.78 Å². The van der Waals surface area contributed by atoms with E-state index < -0.39 is 11.6 Å². The zero-order valence-corrected chi connectivity index (χ0v) is 7.65. The summed E-state index contributed by atoms with van der Waals surface area (Å²) >= 11 is 0. The summed E-state index contributed by atoms with van der Waals surface area (Å²) in [4.78, 5) is 3.78. The summed E-state index contributed by atoms with van der Waals surface area (Å²) in [6, 6.07) is 6.17. The van der Waals surface area contributed by atoms with Gasteiger partial charge in [0, 0.05) is 18.5 Å². The molecule has 2 nitrogen and oxygen atoms in total. The van der Waals surface area contributed by atoms with Gasteiger partial charge in [0.15, 0.2) is 11.6 Å². The minimum Gasteiger partial charge on any atom is -0.454 e. The lowest BCUT2D eigenvalue weighted by molar-refractivity contribution is 0.436. The quantitative estimate of drug-likeness (QED) is 0.754. The van der Waals surface area contributed by atoms with Crippen molar-refractivity contribution < 1.29 is 13.5 Å². The number of rotatable bonds is 2. The molecule has 2 rings (SSSR count). The lowest BCUT2D eigenvalue weighted by Gasteiger charge is -2.05. The van der Waals surface area contributed by atoms with E-state index in [0.717, 1.165) is 18.2 Å². The van der Waals surface area contributed by atoms with E-state index in [9.17, 15) is 8.78 Å². The van der Waals surface area contributed by atoms with E-state index in [0.29, 0.717) is 5.75 Å². The minimum absolute atomic E-state index is 0.138. The smallest absolute Gasteiger partial charge is 0.165 e. The fourth-order valence-electron chi connectivity index (χ4n) is 1.09. The molecule has 1 aromatic carbocycles. The first-order valence-corrected chi connectivity index (χ1v) is 4.28. The Balaban J connectivity index is 2.28. The van der Waals surface area contributed by atoms with Gasteiger partial charge in [-0.15, -0.1) is 0 Å². The Morgan fingerprint density at radius 3 is 2.47 bits per heavy atom. The fraction of sp³-hybridized carbons (Fsp3) is 0. The molecule has 0 saturated heterocycles. The number of benzene rings is 1. The molecule has 0 amide bonds. The zero-order chi connectivity index (χ0) is 10.7. The van der Waals surface area contributed by atoms with Gasteiger partial charge in [0.2, 0.25) is 0 Å². The van der Waals surface area contributed by atoms with Crippen LogP contribution in [0.5, 0.6) is 11.5 Å². The maximum atomic E-state index is 13.1. The van der Waals surface area contributed by atoms with E-state index in [-0.39, 0.29) is 5.75 Å². The van der Waals surface area contributed by atoms with E-state index in [1.807, 2.05) is 0 Å². The lowest BCUT2D eigenvalue weighted by atomic mass is 10.3. The highest BCUT2D eigenvalue weighted by molar-refractivity contribution is 5.31. The van der Waals surface area contributed by atoms with Crippen LogP contribution in [0, 0.1) is 11.6 Å². The van der Waals surface area contributed by atoms with Crippen molar-refractivity contribution in [2.24, 2.45) is 0 Å². The first kappa shape index (κ1) is 9.58. The van der Waals surface area contributed by atoms with Crippen LogP contribution in [-0.4, -0.2) is 4.98 Å². The number of halogens is 2. The van der Waals surface area contributed by atoms with Crippen LogP contribution in [-0.2, 0) is 0 Å². The largest absolute Gasteiger partial charge is 0.454 e. The summed E-state index contributed by atoms with van der Waals surface area (Å²) < 4.78 is 31.1. The number of ether oxygens (including phenoxy) is 1. The number of nitrogens with zero attached hydrogens (tertiary/aromatic N) is 1. The molecule has 0 aliphatic rings. The van der Waals surface area contributed by atoms with Crippen LogP contribution in [0.2, 0.25) is 0 Å². The number of hydrogen-bond acceptors (Lipinski definition) is 2. The van der Waals surface area contributed by atoms with Crippen molar-refractivity contribution in [2.75, 3.05) is 0 Å². The molecule has 0 aliphatic carbocycles. The third-order valence-corrected chi connectivity index (χ3v) is 1.77. The standard InChI is InChI=1S/C11H7F2NO/c12-8-1-2-10(13)11(7-8)15-9-3-5-14-6-4-9/h1-7H. The fourth-order valence-corrected chi connectivity index (χ4v) is 1.09. The third kappa shape index (κ3) is 2.28. The normalized spacial score (nSPS) is 10.0. The number of aromatic nitrogens is 1. The average Bonchev–Trinajstić information content (AvgIpc) is 2.25. The Kier molecular flexibility index (Phi) is 2.58. The monoisotopic (exact) mass is 207 g/mol. The maximum Gasteiger partial charge on any atom is 0.165 e. The summed E-state index contributed by atoms with van der Waals surface area (Å²) in [5, 5.41) is 0. The molecule has 0 spiro atoms. The second-order valence-electron chi connectivity index (χ2n) is 2.86. The first-order valence-electron chi connectivity index (χ1n) is 4.28. The molecule has 0 bridgehead atoms. The summed E-state index contributed by atoms with van der Waals surface area (Å²) in [6.07, 6.45) is 3.01. The zero-order valence-electron chi connectivity index (χ0n) is 7.65. The van der Waals surface area contributed by atoms with Gasteiger partial charge in [0.1, 0.15) is 11.6 Å². The van der Waals surface area contributed by atoms with Crippen molar-refractivity contribution in [3.63, 3.8) is 0 Å². The van der Waals surface area contributed by atoms with Crippen LogP contribution in [0.15, 0.2) is 42.7 Å². The molecule has 0 saturated carbocycles. The molecule has 0 atom stereocenters. The van der Waals surface area contributed by atoms with Crippen molar-refractivity contribution in [3.8, 4) is 11.5 Å². The Hall–Kier alpha value is -1.97. The molecule has 0 radical (unpaired) electrons. The van der Waals surface area contributed by atoms with E-state index in [2.05, 4.69) is 4.98 Å². The van der Waals surface area contributed by atoms with Gasteiger partial charge in [-0.05, 0) is 24.3 Å². The molecule has 0 aliphatic heterocycles. The van der Waals surface area contributed by atoms with Crippen molar-refractivity contribution in [1.82, 2.24) is 4.98 Å². The Labute approximate surface area is 85.2 Å². The molecule has 15 heavy (non-hydrogen) atoms. The van der Waals surface area contributed by atoms with Gasteiger partial charge in [-0.3, -0.25) is 4.98 Å². The molecule has 1 aromatic heterocycles. The highest BCUT2D eigenvalue weighted by Gasteiger charge is 2.05. The average molecular weight is 207 g/mol. The van der Waals surface area contributed by atoms with Crippen molar-refractivity contribution in [1.29, 1.82) is 0 Å². The first-order chi connectivity index (χ1) is 7.25. The van der Waals surface area contributed by atoms with Gasteiger partial charge in [0.05, 0.1) is 0 Å². The number of hydrogen-bond donors (Lipinski definition) is 0. The predicted octanol–water partition coefficient (Wildman–Crippen LogP) is 3.15. The molecular weight excluding hydrogens is 200 g/mol. The highest BCUT2D eigenvalue weighted by Crippen LogP contribution is 2.24. The Morgan fingerprint density at radius 2 is 1.73 bits per heavy atom. The molecule has 0 unspecified atom stereocenters. The minimum atomic E-state index is -0.604. The van der Waals surface area contributed by atoms with Gasteiger partial charge < -0.3 is 4.74 Å². The second kappa shape index (κ2) is 4.04. The van der Waals surface area contributed by atoms with Crippen LogP contribution < -0.4 is 4.74 Å². The highest BCUT2D eigenvalue weighted by atomic mass is 19.1.